The molecule has 0 aliphatic carbocycles. The van der Waals surface area contributed by atoms with Crippen LogP contribution in [0.5, 0.6) is 0 Å². The first kappa shape index (κ1) is 29.9. The number of piperazine rings is 1. The summed E-state index contributed by atoms with van der Waals surface area (Å²) in [5, 5.41) is 12.4. The number of carbonyl (C=O) groups excluding carboxylic acids is 1. The number of aliphatic hydroxyl groups is 1. The SMILES string of the molecule is CC(=O)NCc1ccccc1-c1ccc([C@@H]2O[C@H](CN3CCN(c4ncccn4)CC3)C[C@H](c3ccc(CO)cc3)O2)cc1. The van der Waals surface area contributed by atoms with E-state index < -0.39 is 6.29 Å². The minimum Gasteiger partial charge on any atom is -0.392 e. The van der Waals surface area contributed by atoms with Gasteiger partial charge in [-0.05, 0) is 33.9 Å². The summed E-state index contributed by atoms with van der Waals surface area (Å²) in [6, 6.07) is 26.3. The molecule has 1 amide bonds. The molecule has 44 heavy (non-hydrogen) atoms. The van der Waals surface area contributed by atoms with Crippen molar-refractivity contribution in [2.75, 3.05) is 37.6 Å². The van der Waals surface area contributed by atoms with Crippen molar-refractivity contribution in [3.8, 4) is 11.1 Å². The molecular weight excluding hydrogens is 554 g/mol. The summed E-state index contributed by atoms with van der Waals surface area (Å²) in [5.74, 6) is 0.728. The third-order valence-corrected chi connectivity index (χ3v) is 8.32. The molecule has 0 saturated carbocycles. The van der Waals surface area contributed by atoms with Gasteiger partial charge in [-0.1, -0.05) is 72.8 Å². The summed E-state index contributed by atoms with van der Waals surface area (Å²) in [6.45, 7) is 6.39. The number of aliphatic hydroxyl groups excluding tert-OH is 1. The first-order chi connectivity index (χ1) is 21.6. The Morgan fingerprint density at radius 2 is 1.59 bits per heavy atom. The van der Waals surface area contributed by atoms with Crippen LogP contribution in [0.15, 0.2) is 91.3 Å². The molecule has 2 N–H and O–H groups in total. The van der Waals surface area contributed by atoms with Crippen molar-refractivity contribution in [3.05, 3.63) is 114 Å². The van der Waals surface area contributed by atoms with Crippen LogP contribution in [0.2, 0.25) is 0 Å². The van der Waals surface area contributed by atoms with Gasteiger partial charge in [0.25, 0.3) is 0 Å². The largest absolute Gasteiger partial charge is 0.392 e. The van der Waals surface area contributed by atoms with E-state index in [1.807, 2.05) is 48.5 Å². The van der Waals surface area contributed by atoms with Gasteiger partial charge in [0.05, 0.1) is 18.8 Å². The lowest BCUT2D eigenvalue weighted by Gasteiger charge is -2.40. The van der Waals surface area contributed by atoms with Gasteiger partial charge in [0.15, 0.2) is 6.29 Å². The topological polar surface area (TPSA) is 100 Å². The lowest BCUT2D eigenvalue weighted by atomic mass is 9.97. The van der Waals surface area contributed by atoms with Gasteiger partial charge in [-0.15, -0.1) is 0 Å². The van der Waals surface area contributed by atoms with E-state index >= 15 is 0 Å². The normalized spacial score (nSPS) is 20.8. The Hall–Kier alpha value is -4.15. The van der Waals surface area contributed by atoms with E-state index in [0.717, 1.165) is 78.5 Å². The molecule has 3 atom stereocenters. The highest BCUT2D eigenvalue weighted by atomic mass is 16.7. The predicted octanol–water partition coefficient (Wildman–Crippen LogP) is 4.64. The predicted molar refractivity (Wildman–Crippen MR) is 169 cm³/mol. The van der Waals surface area contributed by atoms with Crippen molar-refractivity contribution >= 4 is 11.9 Å². The lowest BCUT2D eigenvalue weighted by Crippen LogP contribution is -2.50. The summed E-state index contributed by atoms with van der Waals surface area (Å²) in [5.41, 5.74) is 6.13. The molecule has 4 aromatic rings. The van der Waals surface area contributed by atoms with Crippen molar-refractivity contribution in [2.24, 2.45) is 0 Å². The number of nitrogens with zero attached hydrogens (tertiary/aromatic N) is 4. The standard InChI is InChI=1S/C35H39N5O4/c1-25(42)38-22-30-5-2-3-6-32(30)27-11-13-29(14-12-27)34-43-31(21-33(44-34)28-9-7-26(24-41)8-10-28)23-39-17-19-40(20-18-39)35-36-15-4-16-37-35/h2-16,31,33-34,41H,17-24H2,1H3,(H,38,42)/t31-,33+,34+/m0/s1. The van der Waals surface area contributed by atoms with E-state index in [2.05, 4.69) is 55.4 Å². The molecule has 0 unspecified atom stereocenters. The number of benzene rings is 3. The minimum atomic E-state index is -0.515. The molecular formula is C35H39N5O4. The third-order valence-electron chi connectivity index (χ3n) is 8.32. The van der Waals surface area contributed by atoms with Crippen molar-refractivity contribution in [1.82, 2.24) is 20.2 Å². The highest BCUT2D eigenvalue weighted by Gasteiger charge is 2.34. The minimum absolute atomic E-state index is 0.0143. The van der Waals surface area contributed by atoms with Crippen LogP contribution >= 0.6 is 0 Å². The molecule has 0 bridgehead atoms. The van der Waals surface area contributed by atoms with Gasteiger partial charge in [-0.25, -0.2) is 9.97 Å². The highest BCUT2D eigenvalue weighted by Crippen LogP contribution is 2.39. The average molecular weight is 594 g/mol. The summed E-state index contributed by atoms with van der Waals surface area (Å²) < 4.78 is 13.2. The van der Waals surface area contributed by atoms with Crippen molar-refractivity contribution < 1.29 is 19.4 Å². The zero-order chi connectivity index (χ0) is 30.3. The second-order valence-electron chi connectivity index (χ2n) is 11.4. The smallest absolute Gasteiger partial charge is 0.225 e. The fourth-order valence-corrected chi connectivity index (χ4v) is 5.90. The molecule has 228 valence electrons. The Labute approximate surface area is 258 Å². The number of hydrogen-bond acceptors (Lipinski definition) is 8. The maximum absolute atomic E-state index is 11.5. The molecule has 6 rings (SSSR count). The number of anilines is 1. The molecule has 2 saturated heterocycles. The summed E-state index contributed by atoms with van der Waals surface area (Å²) in [6.07, 6.45) is 3.65. The van der Waals surface area contributed by atoms with Gasteiger partial charge >= 0.3 is 0 Å². The second kappa shape index (κ2) is 14.1. The van der Waals surface area contributed by atoms with E-state index in [9.17, 15) is 9.90 Å². The van der Waals surface area contributed by atoms with Crippen LogP contribution in [-0.2, 0) is 27.4 Å². The van der Waals surface area contributed by atoms with Crippen LogP contribution in [-0.4, -0.2) is 64.7 Å². The van der Waals surface area contributed by atoms with Crippen LogP contribution in [0, 0.1) is 0 Å². The number of nitrogens with one attached hydrogen (secondary N) is 1. The number of aromatic nitrogens is 2. The van der Waals surface area contributed by atoms with Crippen LogP contribution in [0.4, 0.5) is 5.95 Å². The Bertz CT molecular complexity index is 1510. The fourth-order valence-electron chi connectivity index (χ4n) is 5.90. The number of amides is 1. The maximum Gasteiger partial charge on any atom is 0.225 e. The Balaban J connectivity index is 1.18. The third kappa shape index (κ3) is 7.31. The number of hydrogen-bond donors (Lipinski definition) is 2. The highest BCUT2D eigenvalue weighted by molar-refractivity contribution is 5.74. The Morgan fingerprint density at radius 3 is 2.30 bits per heavy atom. The van der Waals surface area contributed by atoms with Gasteiger partial charge in [0.2, 0.25) is 11.9 Å². The molecule has 2 fully saturated rings. The van der Waals surface area contributed by atoms with Crippen LogP contribution < -0.4 is 10.2 Å². The molecule has 2 aliphatic heterocycles. The zero-order valence-corrected chi connectivity index (χ0v) is 25.0. The van der Waals surface area contributed by atoms with E-state index in [1.165, 1.54) is 6.92 Å². The molecule has 3 heterocycles. The van der Waals surface area contributed by atoms with Crippen LogP contribution in [0.1, 0.15) is 48.0 Å². The summed E-state index contributed by atoms with van der Waals surface area (Å²) >= 11 is 0. The van der Waals surface area contributed by atoms with E-state index in [4.69, 9.17) is 9.47 Å². The van der Waals surface area contributed by atoms with Crippen LogP contribution in [0.3, 0.4) is 0 Å². The van der Waals surface area contributed by atoms with Crippen LogP contribution in [0.25, 0.3) is 11.1 Å². The molecule has 9 heteroatoms. The average Bonchev–Trinajstić information content (AvgIpc) is 3.08. The van der Waals surface area contributed by atoms with Crippen molar-refractivity contribution in [2.45, 2.75) is 45.0 Å². The lowest BCUT2D eigenvalue weighted by molar-refractivity contribution is -0.253. The van der Waals surface area contributed by atoms with Crippen molar-refractivity contribution in [3.63, 3.8) is 0 Å². The van der Waals surface area contributed by atoms with Gasteiger partial charge < -0.3 is 24.8 Å². The van der Waals surface area contributed by atoms with Crippen molar-refractivity contribution in [1.29, 1.82) is 0 Å². The first-order valence-electron chi connectivity index (χ1n) is 15.2. The van der Waals surface area contributed by atoms with Gasteiger partial charge in [0.1, 0.15) is 0 Å². The monoisotopic (exact) mass is 593 g/mol. The molecule has 3 aromatic carbocycles. The molecule has 0 spiro atoms. The van der Waals surface area contributed by atoms with E-state index in [1.54, 1.807) is 12.4 Å². The van der Waals surface area contributed by atoms with Gasteiger partial charge in [-0.2, -0.15) is 0 Å². The molecule has 2 aliphatic rings. The number of rotatable bonds is 9. The quantitative estimate of drug-likeness (QED) is 0.290. The Kier molecular flexibility index (Phi) is 9.58. The summed E-state index contributed by atoms with van der Waals surface area (Å²) in [7, 11) is 0. The summed E-state index contributed by atoms with van der Waals surface area (Å²) in [4.78, 5) is 25.0. The van der Waals surface area contributed by atoms with E-state index in [0.29, 0.717) is 6.54 Å². The molecule has 0 radical (unpaired) electrons. The second-order valence-corrected chi connectivity index (χ2v) is 11.4. The molecule has 1 aromatic heterocycles. The van der Waals surface area contributed by atoms with Gasteiger partial charge in [0, 0.05) is 70.6 Å². The number of ether oxygens (including phenoxy) is 2. The first-order valence-corrected chi connectivity index (χ1v) is 15.2. The number of carbonyl (C=O) groups is 1. The fraction of sp³-hybridized carbons (Fsp3) is 0.343. The zero-order valence-electron chi connectivity index (χ0n) is 25.0. The molecule has 9 nitrogen and oxygen atoms in total. The van der Waals surface area contributed by atoms with E-state index in [-0.39, 0.29) is 24.7 Å². The van der Waals surface area contributed by atoms with Gasteiger partial charge in [-0.3, -0.25) is 9.69 Å². The Morgan fingerprint density at radius 1 is 0.886 bits per heavy atom. The maximum atomic E-state index is 11.5.